The Labute approximate surface area is 106 Å². The zero-order valence-electron chi connectivity index (χ0n) is 9.63. The minimum Gasteiger partial charge on any atom is -0.377 e. The summed E-state index contributed by atoms with van der Waals surface area (Å²) in [5.74, 6) is 0. The number of rotatable bonds is 6. The van der Waals surface area contributed by atoms with Crippen LogP contribution in [0.1, 0.15) is 30.9 Å². The molecular formula is C13H18BrNO. The predicted molar refractivity (Wildman–Crippen MR) is 69.3 cm³/mol. The third-order valence-electron chi connectivity index (χ3n) is 2.75. The summed E-state index contributed by atoms with van der Waals surface area (Å²) in [7, 11) is 0. The van der Waals surface area contributed by atoms with Crippen molar-refractivity contribution in [2.45, 2.75) is 39.0 Å². The summed E-state index contributed by atoms with van der Waals surface area (Å²) in [6.45, 7) is 4.44. The van der Waals surface area contributed by atoms with E-state index in [4.69, 9.17) is 4.74 Å². The number of nitrogens with one attached hydrogen (secondary N) is 1. The van der Waals surface area contributed by atoms with Crippen molar-refractivity contribution in [1.29, 1.82) is 0 Å². The standard InChI is InChI=1S/C13H18BrNO/c1-2-16-9-11-4-3-10(7-13(11)14)8-15-12-5-6-12/h3-4,7,12,15H,2,5-6,8-9H2,1H3. The van der Waals surface area contributed by atoms with Crippen molar-refractivity contribution < 1.29 is 4.74 Å². The van der Waals surface area contributed by atoms with Crippen molar-refractivity contribution >= 4 is 15.9 Å². The molecule has 3 heteroatoms. The molecule has 1 saturated carbocycles. The molecule has 0 atom stereocenters. The summed E-state index contributed by atoms with van der Waals surface area (Å²) >= 11 is 3.59. The van der Waals surface area contributed by atoms with Crippen molar-refractivity contribution in [3.8, 4) is 0 Å². The maximum Gasteiger partial charge on any atom is 0.0727 e. The van der Waals surface area contributed by atoms with E-state index in [9.17, 15) is 0 Å². The first-order valence-electron chi connectivity index (χ1n) is 5.88. The molecule has 0 aliphatic heterocycles. The summed E-state index contributed by atoms with van der Waals surface area (Å²) < 4.78 is 6.55. The Morgan fingerprint density at radius 2 is 2.25 bits per heavy atom. The summed E-state index contributed by atoms with van der Waals surface area (Å²) in [6.07, 6.45) is 2.67. The molecule has 1 aliphatic rings. The van der Waals surface area contributed by atoms with Crippen LogP contribution in [-0.4, -0.2) is 12.6 Å². The lowest BCUT2D eigenvalue weighted by Crippen LogP contribution is -2.15. The number of hydrogen-bond acceptors (Lipinski definition) is 2. The van der Waals surface area contributed by atoms with Crippen molar-refractivity contribution in [2.24, 2.45) is 0 Å². The smallest absolute Gasteiger partial charge is 0.0727 e. The van der Waals surface area contributed by atoms with Gasteiger partial charge in [-0.05, 0) is 37.0 Å². The minimum absolute atomic E-state index is 0.688. The Morgan fingerprint density at radius 1 is 1.44 bits per heavy atom. The molecule has 0 heterocycles. The molecule has 1 fully saturated rings. The molecule has 0 spiro atoms. The van der Waals surface area contributed by atoms with E-state index in [1.807, 2.05) is 6.92 Å². The summed E-state index contributed by atoms with van der Waals surface area (Å²) in [4.78, 5) is 0. The molecule has 1 aliphatic carbocycles. The fraction of sp³-hybridized carbons (Fsp3) is 0.538. The number of hydrogen-bond donors (Lipinski definition) is 1. The van der Waals surface area contributed by atoms with Crippen LogP contribution in [0.3, 0.4) is 0 Å². The van der Waals surface area contributed by atoms with E-state index in [1.54, 1.807) is 0 Å². The highest BCUT2D eigenvalue weighted by molar-refractivity contribution is 9.10. The van der Waals surface area contributed by atoms with Crippen LogP contribution < -0.4 is 5.32 Å². The van der Waals surface area contributed by atoms with Gasteiger partial charge in [0.1, 0.15) is 0 Å². The summed E-state index contributed by atoms with van der Waals surface area (Å²) in [5, 5.41) is 3.51. The van der Waals surface area contributed by atoms with Crippen LogP contribution in [0.2, 0.25) is 0 Å². The number of halogens is 1. The highest BCUT2D eigenvalue weighted by atomic mass is 79.9. The Kier molecular flexibility index (Phi) is 4.38. The largest absolute Gasteiger partial charge is 0.377 e. The monoisotopic (exact) mass is 283 g/mol. The molecule has 0 bridgehead atoms. The van der Waals surface area contributed by atoms with E-state index in [1.165, 1.54) is 24.0 Å². The second kappa shape index (κ2) is 5.80. The lowest BCUT2D eigenvalue weighted by atomic mass is 10.1. The number of benzene rings is 1. The summed E-state index contributed by atoms with van der Waals surface area (Å²) in [6, 6.07) is 7.27. The maximum atomic E-state index is 5.40. The van der Waals surface area contributed by atoms with Gasteiger partial charge in [-0.3, -0.25) is 0 Å². The molecule has 1 aromatic carbocycles. The van der Waals surface area contributed by atoms with Gasteiger partial charge in [-0.15, -0.1) is 0 Å². The lowest BCUT2D eigenvalue weighted by molar-refractivity contribution is 0.133. The van der Waals surface area contributed by atoms with E-state index in [-0.39, 0.29) is 0 Å². The Bertz CT molecular complexity index is 350. The molecule has 2 nitrogen and oxygen atoms in total. The Balaban J connectivity index is 1.91. The predicted octanol–water partition coefficient (Wildman–Crippen LogP) is 3.24. The molecule has 0 unspecified atom stereocenters. The third-order valence-corrected chi connectivity index (χ3v) is 3.49. The van der Waals surface area contributed by atoms with Crippen LogP contribution in [0.15, 0.2) is 22.7 Å². The van der Waals surface area contributed by atoms with Gasteiger partial charge < -0.3 is 10.1 Å². The Hall–Kier alpha value is -0.380. The van der Waals surface area contributed by atoms with E-state index < -0.39 is 0 Å². The molecule has 88 valence electrons. The molecule has 1 aromatic rings. The van der Waals surface area contributed by atoms with Crippen LogP contribution in [0.5, 0.6) is 0 Å². The van der Waals surface area contributed by atoms with Gasteiger partial charge in [0.25, 0.3) is 0 Å². The molecule has 0 aromatic heterocycles. The zero-order chi connectivity index (χ0) is 11.4. The molecule has 16 heavy (non-hydrogen) atoms. The molecule has 0 radical (unpaired) electrons. The van der Waals surface area contributed by atoms with Crippen LogP contribution in [-0.2, 0) is 17.9 Å². The van der Waals surface area contributed by atoms with Crippen LogP contribution in [0.4, 0.5) is 0 Å². The molecule has 0 amide bonds. The topological polar surface area (TPSA) is 21.3 Å². The van der Waals surface area contributed by atoms with E-state index in [2.05, 4.69) is 39.4 Å². The fourth-order valence-electron chi connectivity index (χ4n) is 1.58. The van der Waals surface area contributed by atoms with Crippen LogP contribution >= 0.6 is 15.9 Å². The van der Waals surface area contributed by atoms with Crippen molar-refractivity contribution in [2.75, 3.05) is 6.61 Å². The van der Waals surface area contributed by atoms with Gasteiger partial charge in [-0.2, -0.15) is 0 Å². The van der Waals surface area contributed by atoms with Gasteiger partial charge in [0.05, 0.1) is 6.61 Å². The van der Waals surface area contributed by atoms with Gasteiger partial charge in [-0.25, -0.2) is 0 Å². The highest BCUT2D eigenvalue weighted by Crippen LogP contribution is 2.22. The highest BCUT2D eigenvalue weighted by Gasteiger charge is 2.19. The van der Waals surface area contributed by atoms with Crippen molar-refractivity contribution in [1.82, 2.24) is 5.32 Å². The average Bonchev–Trinajstić information content (AvgIpc) is 3.09. The van der Waals surface area contributed by atoms with E-state index >= 15 is 0 Å². The van der Waals surface area contributed by atoms with Gasteiger partial charge in [0, 0.05) is 23.7 Å². The first-order valence-corrected chi connectivity index (χ1v) is 6.67. The molecule has 0 saturated heterocycles. The van der Waals surface area contributed by atoms with E-state index in [0.29, 0.717) is 6.61 Å². The van der Waals surface area contributed by atoms with Gasteiger partial charge in [-0.1, -0.05) is 28.1 Å². The zero-order valence-corrected chi connectivity index (χ0v) is 11.2. The summed E-state index contributed by atoms with van der Waals surface area (Å²) in [5.41, 5.74) is 2.55. The van der Waals surface area contributed by atoms with Crippen LogP contribution in [0.25, 0.3) is 0 Å². The lowest BCUT2D eigenvalue weighted by Gasteiger charge is -2.08. The third kappa shape index (κ3) is 3.58. The first kappa shape index (κ1) is 12.1. The van der Waals surface area contributed by atoms with Crippen molar-refractivity contribution in [3.63, 3.8) is 0 Å². The minimum atomic E-state index is 0.688. The van der Waals surface area contributed by atoms with Crippen LogP contribution in [0, 0.1) is 0 Å². The van der Waals surface area contributed by atoms with Crippen molar-refractivity contribution in [3.05, 3.63) is 33.8 Å². The normalized spacial score (nSPS) is 15.4. The van der Waals surface area contributed by atoms with Gasteiger partial charge in [0.15, 0.2) is 0 Å². The van der Waals surface area contributed by atoms with E-state index in [0.717, 1.165) is 23.7 Å². The molecular weight excluding hydrogens is 266 g/mol. The average molecular weight is 284 g/mol. The first-order chi connectivity index (χ1) is 7.79. The molecule has 1 N–H and O–H groups in total. The second-order valence-corrected chi connectivity index (χ2v) is 5.07. The SMILES string of the molecule is CCOCc1ccc(CNC2CC2)cc1Br. The van der Waals surface area contributed by atoms with Gasteiger partial charge >= 0.3 is 0 Å². The molecule has 2 rings (SSSR count). The quantitative estimate of drug-likeness (QED) is 0.866. The fourth-order valence-corrected chi connectivity index (χ4v) is 2.12. The van der Waals surface area contributed by atoms with Gasteiger partial charge in [0.2, 0.25) is 0 Å². The second-order valence-electron chi connectivity index (χ2n) is 4.22. The number of ether oxygens (including phenoxy) is 1. The maximum absolute atomic E-state index is 5.40. The Morgan fingerprint density at radius 3 is 2.88 bits per heavy atom.